The minimum absolute atomic E-state index is 0.0361. The first-order valence-electron chi connectivity index (χ1n) is 7.11. The number of amides is 1. The van der Waals surface area contributed by atoms with Crippen molar-refractivity contribution in [2.45, 2.75) is 59.6 Å². The predicted molar refractivity (Wildman–Crippen MR) is 82.6 cm³/mol. The quantitative estimate of drug-likeness (QED) is 0.870. The van der Waals surface area contributed by atoms with Gasteiger partial charge >= 0.3 is 6.09 Å². The molecule has 0 aliphatic heterocycles. The van der Waals surface area contributed by atoms with Crippen molar-refractivity contribution in [1.29, 1.82) is 0 Å². The fourth-order valence-corrected chi connectivity index (χ4v) is 2.00. The van der Waals surface area contributed by atoms with Crippen molar-refractivity contribution >= 4 is 6.09 Å². The van der Waals surface area contributed by atoms with Crippen LogP contribution in [0.1, 0.15) is 59.6 Å². The first-order chi connectivity index (χ1) is 9.07. The van der Waals surface area contributed by atoms with Crippen LogP contribution in [-0.2, 0) is 4.74 Å². The van der Waals surface area contributed by atoms with Crippen molar-refractivity contribution in [2.24, 2.45) is 5.41 Å². The van der Waals surface area contributed by atoms with Crippen LogP contribution in [0.4, 0.5) is 4.79 Å². The summed E-state index contributed by atoms with van der Waals surface area (Å²) in [6, 6.07) is 9.99. The molecule has 1 rings (SSSR count). The third kappa shape index (κ3) is 6.60. The van der Waals surface area contributed by atoms with Gasteiger partial charge in [-0.1, -0.05) is 51.1 Å². The van der Waals surface area contributed by atoms with E-state index in [0.717, 1.165) is 12.0 Å². The van der Waals surface area contributed by atoms with Gasteiger partial charge in [0.25, 0.3) is 0 Å². The lowest BCUT2D eigenvalue weighted by molar-refractivity contribution is 0.0492. The lowest BCUT2D eigenvalue weighted by Gasteiger charge is -2.28. The molecule has 0 saturated carbocycles. The van der Waals surface area contributed by atoms with Crippen LogP contribution >= 0.6 is 0 Å². The van der Waals surface area contributed by atoms with Gasteiger partial charge in [-0.2, -0.15) is 0 Å². The normalized spacial score (nSPS) is 13.7. The van der Waals surface area contributed by atoms with Gasteiger partial charge in [-0.05, 0) is 38.2 Å². The molecule has 1 amide bonds. The number of hydrogen-bond donors (Lipinski definition) is 1. The maximum atomic E-state index is 12.0. The van der Waals surface area contributed by atoms with E-state index in [2.05, 4.69) is 26.1 Å². The van der Waals surface area contributed by atoms with Crippen LogP contribution in [0, 0.1) is 5.41 Å². The molecule has 0 saturated heterocycles. The summed E-state index contributed by atoms with van der Waals surface area (Å²) in [7, 11) is 0. The molecule has 1 atom stereocenters. The highest BCUT2D eigenvalue weighted by molar-refractivity contribution is 5.68. The fraction of sp³-hybridized carbons (Fsp3) is 0.588. The summed E-state index contributed by atoms with van der Waals surface area (Å²) in [6.45, 7) is 12.1. The molecule has 20 heavy (non-hydrogen) atoms. The highest BCUT2D eigenvalue weighted by Crippen LogP contribution is 2.29. The van der Waals surface area contributed by atoms with Crippen LogP contribution < -0.4 is 5.32 Å². The Morgan fingerprint density at radius 2 is 1.65 bits per heavy atom. The number of alkyl carbamates (subject to hydrolysis) is 1. The van der Waals surface area contributed by atoms with Gasteiger partial charge in [0.15, 0.2) is 0 Å². The molecule has 3 heteroatoms. The molecule has 0 aliphatic carbocycles. The first kappa shape index (κ1) is 16.5. The van der Waals surface area contributed by atoms with Gasteiger partial charge in [0.2, 0.25) is 0 Å². The molecule has 112 valence electrons. The zero-order chi connectivity index (χ0) is 15.4. The average molecular weight is 277 g/mol. The summed E-state index contributed by atoms with van der Waals surface area (Å²) >= 11 is 0. The van der Waals surface area contributed by atoms with Crippen LogP contribution in [0.3, 0.4) is 0 Å². The van der Waals surface area contributed by atoms with Crippen LogP contribution in [0.2, 0.25) is 0 Å². The van der Waals surface area contributed by atoms with E-state index in [1.807, 2.05) is 51.1 Å². The lowest BCUT2D eigenvalue weighted by atomic mass is 9.85. The monoisotopic (exact) mass is 277 g/mol. The summed E-state index contributed by atoms with van der Waals surface area (Å²) in [5, 5.41) is 2.99. The number of carbonyl (C=O) groups is 1. The Kier molecular flexibility index (Phi) is 5.21. The highest BCUT2D eigenvalue weighted by atomic mass is 16.6. The molecule has 1 aromatic carbocycles. The smallest absolute Gasteiger partial charge is 0.408 e. The summed E-state index contributed by atoms with van der Waals surface area (Å²) < 4.78 is 5.35. The van der Waals surface area contributed by atoms with Gasteiger partial charge in [-0.15, -0.1) is 0 Å². The molecule has 0 fully saturated rings. The standard InChI is InChI=1S/C17H27NO2/c1-16(2,3)12-14(13-10-8-7-9-11-13)18-15(19)20-17(4,5)6/h7-11,14H,12H2,1-6H3,(H,18,19). The van der Waals surface area contributed by atoms with Gasteiger partial charge < -0.3 is 10.1 Å². The topological polar surface area (TPSA) is 38.3 Å². The molecule has 0 aromatic heterocycles. The molecule has 0 aliphatic rings. The molecule has 1 aromatic rings. The second-order valence-corrected chi connectivity index (χ2v) is 7.37. The first-order valence-corrected chi connectivity index (χ1v) is 7.11. The zero-order valence-electron chi connectivity index (χ0n) is 13.5. The van der Waals surface area contributed by atoms with Gasteiger partial charge in [0, 0.05) is 0 Å². The second-order valence-electron chi connectivity index (χ2n) is 7.37. The molecule has 3 nitrogen and oxygen atoms in total. The Balaban J connectivity index is 2.82. The molecular formula is C17H27NO2. The zero-order valence-corrected chi connectivity index (χ0v) is 13.5. The van der Waals surface area contributed by atoms with Crippen LogP contribution in [0.25, 0.3) is 0 Å². The molecule has 0 spiro atoms. The van der Waals surface area contributed by atoms with Crippen molar-refractivity contribution < 1.29 is 9.53 Å². The molecule has 1 unspecified atom stereocenters. The van der Waals surface area contributed by atoms with Crippen LogP contribution in [0.5, 0.6) is 0 Å². The van der Waals surface area contributed by atoms with Gasteiger partial charge in [0.1, 0.15) is 5.60 Å². The number of rotatable bonds is 3. The van der Waals surface area contributed by atoms with E-state index in [4.69, 9.17) is 4.74 Å². The minimum atomic E-state index is -0.479. The van der Waals surface area contributed by atoms with Crippen molar-refractivity contribution in [2.75, 3.05) is 0 Å². The Morgan fingerprint density at radius 3 is 2.10 bits per heavy atom. The third-order valence-electron chi connectivity index (χ3n) is 2.71. The van der Waals surface area contributed by atoms with Crippen LogP contribution in [-0.4, -0.2) is 11.7 Å². The van der Waals surface area contributed by atoms with E-state index >= 15 is 0 Å². The molecular weight excluding hydrogens is 250 g/mol. The Hall–Kier alpha value is -1.51. The SMILES string of the molecule is CC(C)(C)CC(NC(=O)OC(C)(C)C)c1ccccc1. The van der Waals surface area contributed by atoms with E-state index in [0.29, 0.717) is 0 Å². The summed E-state index contributed by atoms with van der Waals surface area (Å²) in [6.07, 6.45) is 0.492. The largest absolute Gasteiger partial charge is 0.444 e. The maximum Gasteiger partial charge on any atom is 0.408 e. The summed E-state index contributed by atoms with van der Waals surface area (Å²) in [5.74, 6) is 0. The number of hydrogen-bond acceptors (Lipinski definition) is 2. The molecule has 0 bridgehead atoms. The van der Waals surface area contributed by atoms with Gasteiger partial charge in [0.05, 0.1) is 6.04 Å². The summed E-state index contributed by atoms with van der Waals surface area (Å²) in [4.78, 5) is 12.0. The number of carbonyl (C=O) groups excluding carboxylic acids is 1. The van der Waals surface area contributed by atoms with Gasteiger partial charge in [-0.25, -0.2) is 4.79 Å². The van der Waals surface area contributed by atoms with E-state index in [1.54, 1.807) is 0 Å². The maximum absolute atomic E-state index is 12.0. The average Bonchev–Trinajstić information content (AvgIpc) is 2.25. The van der Waals surface area contributed by atoms with E-state index < -0.39 is 5.60 Å². The number of benzene rings is 1. The van der Waals surface area contributed by atoms with Gasteiger partial charge in [-0.3, -0.25) is 0 Å². The molecule has 0 radical (unpaired) electrons. The molecule has 0 heterocycles. The third-order valence-corrected chi connectivity index (χ3v) is 2.71. The minimum Gasteiger partial charge on any atom is -0.444 e. The fourth-order valence-electron chi connectivity index (χ4n) is 2.00. The van der Waals surface area contributed by atoms with Crippen molar-refractivity contribution in [3.63, 3.8) is 0 Å². The predicted octanol–water partition coefficient (Wildman–Crippen LogP) is 4.69. The Labute approximate surface area is 122 Å². The summed E-state index contributed by atoms with van der Waals surface area (Å²) in [5.41, 5.74) is 0.746. The van der Waals surface area contributed by atoms with Crippen molar-refractivity contribution in [3.8, 4) is 0 Å². The highest BCUT2D eigenvalue weighted by Gasteiger charge is 2.24. The number of ether oxygens (including phenoxy) is 1. The Morgan fingerprint density at radius 1 is 1.10 bits per heavy atom. The van der Waals surface area contributed by atoms with E-state index in [9.17, 15) is 4.79 Å². The van der Waals surface area contributed by atoms with Crippen molar-refractivity contribution in [1.82, 2.24) is 5.32 Å². The Bertz CT molecular complexity index is 427. The number of nitrogens with one attached hydrogen (secondary N) is 1. The van der Waals surface area contributed by atoms with Crippen molar-refractivity contribution in [3.05, 3.63) is 35.9 Å². The second kappa shape index (κ2) is 6.29. The van der Waals surface area contributed by atoms with Crippen LogP contribution in [0.15, 0.2) is 30.3 Å². The van der Waals surface area contributed by atoms with E-state index in [-0.39, 0.29) is 17.6 Å². The molecule has 1 N–H and O–H groups in total. The van der Waals surface area contributed by atoms with E-state index in [1.165, 1.54) is 0 Å². The lowest BCUT2D eigenvalue weighted by Crippen LogP contribution is -2.36.